The molecule has 0 fully saturated rings. The van der Waals surface area contributed by atoms with E-state index in [0.29, 0.717) is 6.73 Å². The van der Waals surface area contributed by atoms with Crippen LogP contribution in [-0.4, -0.2) is 40.5 Å². The van der Waals surface area contributed by atoms with E-state index < -0.39 is 0 Å². The summed E-state index contributed by atoms with van der Waals surface area (Å²) < 4.78 is 10.4. The molecule has 0 saturated carbocycles. The molecule has 1 aromatic rings. The highest BCUT2D eigenvalue weighted by atomic mass is 16.5. The van der Waals surface area contributed by atoms with Crippen molar-refractivity contribution >= 4 is 17.3 Å². The zero-order valence-corrected chi connectivity index (χ0v) is 10.3. The van der Waals surface area contributed by atoms with E-state index in [1.807, 2.05) is 30.1 Å². The van der Waals surface area contributed by atoms with Crippen LogP contribution in [0.15, 0.2) is 18.2 Å². The topological polar surface area (TPSA) is 42.0 Å². The van der Waals surface area contributed by atoms with Crippen LogP contribution in [0.3, 0.4) is 0 Å². The maximum absolute atomic E-state index is 11.5. The number of nitrogens with zero attached hydrogens (tertiary/aromatic N) is 2. The van der Waals surface area contributed by atoms with Crippen LogP contribution in [0.1, 0.15) is 0 Å². The number of benzene rings is 1. The average molecular weight is 236 g/mol. The van der Waals surface area contributed by atoms with Crippen LogP contribution in [0.25, 0.3) is 0 Å². The van der Waals surface area contributed by atoms with Gasteiger partial charge >= 0.3 is 0 Å². The Hall–Kier alpha value is -1.75. The molecule has 1 aromatic carbocycles. The molecule has 1 aliphatic rings. The summed E-state index contributed by atoms with van der Waals surface area (Å²) in [5, 5.41) is 0. The van der Waals surface area contributed by atoms with Gasteiger partial charge in [0.1, 0.15) is 12.5 Å². The molecule has 2 rings (SSSR count). The first-order valence-corrected chi connectivity index (χ1v) is 5.37. The molecule has 1 aliphatic heterocycles. The highest BCUT2D eigenvalue weighted by Gasteiger charge is 2.22. The Morgan fingerprint density at radius 1 is 1.53 bits per heavy atom. The number of hydrogen-bond donors (Lipinski definition) is 0. The molecule has 0 aliphatic carbocycles. The van der Waals surface area contributed by atoms with Crippen molar-refractivity contribution in [3.8, 4) is 5.75 Å². The van der Waals surface area contributed by atoms with Crippen LogP contribution in [0, 0.1) is 0 Å². The number of anilines is 2. The van der Waals surface area contributed by atoms with Gasteiger partial charge < -0.3 is 19.3 Å². The predicted octanol–water partition coefficient (Wildman–Crippen LogP) is 1.08. The molecule has 1 amide bonds. The van der Waals surface area contributed by atoms with Crippen molar-refractivity contribution in [1.29, 1.82) is 0 Å². The lowest BCUT2D eigenvalue weighted by molar-refractivity contribution is -0.120. The van der Waals surface area contributed by atoms with Crippen LogP contribution in [0.2, 0.25) is 0 Å². The van der Waals surface area contributed by atoms with Crippen LogP contribution in [0.4, 0.5) is 11.4 Å². The maximum atomic E-state index is 11.5. The van der Waals surface area contributed by atoms with E-state index in [9.17, 15) is 4.79 Å². The number of fused-ring (bicyclic) bond motifs is 1. The van der Waals surface area contributed by atoms with E-state index in [1.54, 1.807) is 19.1 Å². The Morgan fingerprint density at radius 2 is 2.29 bits per heavy atom. The van der Waals surface area contributed by atoms with E-state index in [-0.39, 0.29) is 12.5 Å². The molecule has 0 spiro atoms. The van der Waals surface area contributed by atoms with Gasteiger partial charge in [-0.25, -0.2) is 0 Å². The lowest BCUT2D eigenvalue weighted by Crippen LogP contribution is -2.35. The largest absolute Gasteiger partial charge is 0.482 e. The van der Waals surface area contributed by atoms with Gasteiger partial charge in [-0.05, 0) is 18.2 Å². The molecule has 0 saturated heterocycles. The van der Waals surface area contributed by atoms with Gasteiger partial charge in [-0.1, -0.05) is 0 Å². The van der Waals surface area contributed by atoms with Gasteiger partial charge in [0.2, 0.25) is 0 Å². The number of rotatable bonds is 3. The summed E-state index contributed by atoms with van der Waals surface area (Å²) in [6, 6.07) is 5.74. The van der Waals surface area contributed by atoms with E-state index in [2.05, 4.69) is 0 Å². The Kier molecular flexibility index (Phi) is 3.19. The Bertz CT molecular complexity index is 434. The van der Waals surface area contributed by atoms with E-state index >= 15 is 0 Å². The maximum Gasteiger partial charge on any atom is 0.264 e. The van der Waals surface area contributed by atoms with Crippen LogP contribution < -0.4 is 14.5 Å². The number of hydrogen-bond acceptors (Lipinski definition) is 4. The molecule has 0 radical (unpaired) electrons. The molecule has 17 heavy (non-hydrogen) atoms. The van der Waals surface area contributed by atoms with Gasteiger partial charge in [0.15, 0.2) is 6.61 Å². The minimum atomic E-state index is -0.0379. The molecule has 0 unspecified atom stereocenters. The summed E-state index contributed by atoms with van der Waals surface area (Å²) in [6.45, 7) is 0.605. The fraction of sp³-hybridized carbons (Fsp3) is 0.417. The van der Waals surface area contributed by atoms with Gasteiger partial charge in [-0.15, -0.1) is 0 Å². The van der Waals surface area contributed by atoms with Crippen molar-refractivity contribution in [3.05, 3.63) is 18.2 Å². The minimum Gasteiger partial charge on any atom is -0.482 e. The van der Waals surface area contributed by atoms with Crippen molar-refractivity contribution in [1.82, 2.24) is 0 Å². The fourth-order valence-corrected chi connectivity index (χ4v) is 1.77. The summed E-state index contributed by atoms with van der Waals surface area (Å²) in [7, 11) is 5.33. The van der Waals surface area contributed by atoms with Crippen molar-refractivity contribution in [2.45, 2.75) is 0 Å². The molecule has 5 heteroatoms. The third-order valence-corrected chi connectivity index (χ3v) is 2.79. The van der Waals surface area contributed by atoms with E-state index in [4.69, 9.17) is 9.47 Å². The van der Waals surface area contributed by atoms with E-state index in [1.165, 1.54) is 0 Å². The zero-order chi connectivity index (χ0) is 12.4. The second-order valence-electron chi connectivity index (χ2n) is 4.01. The number of carbonyl (C=O) groups is 1. The SMILES string of the molecule is COCN(C)c1ccc2c(c1)N(C)C(=O)CO2. The van der Waals surface area contributed by atoms with Gasteiger partial charge in [0, 0.05) is 26.9 Å². The lowest BCUT2D eigenvalue weighted by atomic mass is 10.2. The standard InChI is InChI=1S/C12H16N2O3/c1-13(8-16-3)9-4-5-11-10(6-9)14(2)12(15)7-17-11/h4-6H,7-8H2,1-3H3. The molecule has 5 nitrogen and oxygen atoms in total. The van der Waals surface area contributed by atoms with Crippen molar-refractivity contribution in [2.24, 2.45) is 0 Å². The average Bonchev–Trinajstić information content (AvgIpc) is 2.34. The van der Waals surface area contributed by atoms with Crippen molar-refractivity contribution in [3.63, 3.8) is 0 Å². The second-order valence-corrected chi connectivity index (χ2v) is 4.01. The first-order chi connectivity index (χ1) is 8.13. The van der Waals surface area contributed by atoms with Gasteiger partial charge in [0.05, 0.1) is 5.69 Å². The zero-order valence-electron chi connectivity index (χ0n) is 10.3. The molecular formula is C12H16N2O3. The number of carbonyl (C=O) groups excluding carboxylic acids is 1. The molecule has 0 aromatic heterocycles. The Labute approximate surface area is 101 Å². The first-order valence-electron chi connectivity index (χ1n) is 5.37. The smallest absolute Gasteiger partial charge is 0.264 e. The van der Waals surface area contributed by atoms with Gasteiger partial charge in [-0.3, -0.25) is 4.79 Å². The number of likely N-dealkylation sites (N-methyl/N-ethyl adjacent to an activating group) is 1. The third kappa shape index (κ3) is 2.19. The van der Waals surface area contributed by atoms with Crippen molar-refractivity contribution < 1.29 is 14.3 Å². The first kappa shape index (κ1) is 11.7. The van der Waals surface area contributed by atoms with Crippen molar-refractivity contribution in [2.75, 3.05) is 44.3 Å². The molecule has 0 atom stereocenters. The molecule has 0 N–H and O–H groups in total. The predicted molar refractivity (Wildman–Crippen MR) is 65.6 cm³/mol. The number of amides is 1. The highest BCUT2D eigenvalue weighted by molar-refractivity contribution is 5.97. The quantitative estimate of drug-likeness (QED) is 0.736. The molecule has 92 valence electrons. The van der Waals surface area contributed by atoms with Crippen LogP contribution >= 0.6 is 0 Å². The van der Waals surface area contributed by atoms with Crippen LogP contribution in [-0.2, 0) is 9.53 Å². The normalized spacial score (nSPS) is 14.3. The fourth-order valence-electron chi connectivity index (χ4n) is 1.77. The van der Waals surface area contributed by atoms with Gasteiger partial charge in [0.25, 0.3) is 5.91 Å². The Balaban J connectivity index is 2.32. The summed E-state index contributed by atoms with van der Waals surface area (Å²) in [4.78, 5) is 15.1. The molecule has 0 bridgehead atoms. The van der Waals surface area contributed by atoms with E-state index in [0.717, 1.165) is 17.1 Å². The summed E-state index contributed by atoms with van der Waals surface area (Å²) in [6.07, 6.45) is 0. The monoisotopic (exact) mass is 236 g/mol. The molecule has 1 heterocycles. The molecular weight excluding hydrogens is 220 g/mol. The number of methoxy groups -OCH3 is 1. The summed E-state index contributed by atoms with van der Waals surface area (Å²) >= 11 is 0. The van der Waals surface area contributed by atoms with Gasteiger partial charge in [-0.2, -0.15) is 0 Å². The lowest BCUT2D eigenvalue weighted by Gasteiger charge is -2.28. The number of ether oxygens (including phenoxy) is 2. The summed E-state index contributed by atoms with van der Waals surface area (Å²) in [5.41, 5.74) is 1.78. The van der Waals surface area contributed by atoms with Crippen LogP contribution in [0.5, 0.6) is 5.75 Å². The summed E-state index contributed by atoms with van der Waals surface area (Å²) in [5.74, 6) is 0.700. The second kappa shape index (κ2) is 4.63. The highest BCUT2D eigenvalue weighted by Crippen LogP contribution is 2.34. The minimum absolute atomic E-state index is 0.0379. The Morgan fingerprint density at radius 3 is 3.00 bits per heavy atom. The third-order valence-electron chi connectivity index (χ3n) is 2.79.